The Hall–Kier alpha value is 0.457. The molecule has 146 valence electrons. The molecule has 0 aromatic rings. The second-order valence-electron chi connectivity index (χ2n) is 8.14. The molecule has 0 aromatic heterocycles. The molecule has 0 aromatic carbocycles. The van der Waals surface area contributed by atoms with Gasteiger partial charge in [-0.25, -0.2) is 0 Å². The minimum atomic E-state index is -3.96. The van der Waals surface area contributed by atoms with Gasteiger partial charge in [0.2, 0.25) is 0 Å². The summed E-state index contributed by atoms with van der Waals surface area (Å²) in [5.74, 6) is 0. The van der Waals surface area contributed by atoms with Crippen molar-refractivity contribution in [3.8, 4) is 0 Å². The van der Waals surface area contributed by atoms with Crippen molar-refractivity contribution < 1.29 is 8.72 Å². The van der Waals surface area contributed by atoms with Crippen LogP contribution in [0.4, 0.5) is 4.20 Å². The Balaban J connectivity index is 3.31. The molecular formula is C18H42FN2OPSi. The molecule has 0 unspecified atom stereocenters. The zero-order valence-electron chi connectivity index (χ0n) is 17.4. The number of hydrogen-bond donors (Lipinski definition) is 0. The van der Waals surface area contributed by atoms with Crippen LogP contribution in [0.3, 0.4) is 0 Å². The average molecular weight is 381 g/mol. The van der Waals surface area contributed by atoms with Gasteiger partial charge < -0.3 is 0 Å². The van der Waals surface area contributed by atoms with E-state index in [1.54, 1.807) is 0 Å². The zero-order valence-corrected chi connectivity index (χ0v) is 19.3. The summed E-state index contributed by atoms with van der Waals surface area (Å²) in [6.45, 7) is 20.4. The second kappa shape index (κ2) is 8.43. The molecule has 3 nitrogen and oxygen atoms in total. The number of nitrogens with zero attached hydrogens (tertiary/aromatic N) is 2. The third kappa shape index (κ3) is 3.62. The third-order valence-corrected chi connectivity index (χ3v) is 16.5. The SMILES string of the molecule is CCCCC[C@@H]1OP(F)(N(CC)CC)(N(CC)CC)[C@@H]1[Si](C)(C)C. The monoisotopic (exact) mass is 380 g/mol. The van der Waals surface area contributed by atoms with E-state index < -0.39 is 15.5 Å². The molecule has 24 heavy (non-hydrogen) atoms. The van der Waals surface area contributed by atoms with Gasteiger partial charge in [0.1, 0.15) is 0 Å². The molecule has 1 rings (SSSR count). The van der Waals surface area contributed by atoms with Crippen molar-refractivity contribution in [3.05, 3.63) is 0 Å². The fourth-order valence-electron chi connectivity index (χ4n) is 4.74. The second-order valence-corrected chi connectivity index (χ2v) is 17.7. The Morgan fingerprint density at radius 2 is 1.33 bits per heavy atom. The molecule has 0 radical (unpaired) electrons. The summed E-state index contributed by atoms with van der Waals surface area (Å²) < 4.78 is 27.9. The first kappa shape index (κ1) is 22.5. The Kier molecular flexibility index (Phi) is 7.90. The molecule has 0 amide bonds. The van der Waals surface area contributed by atoms with E-state index in [4.69, 9.17) is 4.52 Å². The van der Waals surface area contributed by atoms with Crippen LogP contribution in [0.2, 0.25) is 19.6 Å². The van der Waals surface area contributed by atoms with Gasteiger partial charge in [0.15, 0.2) is 0 Å². The summed E-state index contributed by atoms with van der Waals surface area (Å²) in [6, 6.07) is 0. The van der Waals surface area contributed by atoms with E-state index in [1.165, 1.54) is 12.8 Å². The Bertz CT molecular complexity index is 385. The van der Waals surface area contributed by atoms with Gasteiger partial charge in [-0.1, -0.05) is 0 Å². The Morgan fingerprint density at radius 3 is 1.67 bits per heavy atom. The number of hydrogen-bond acceptors (Lipinski definition) is 3. The van der Waals surface area contributed by atoms with Gasteiger partial charge in [-0.3, -0.25) is 0 Å². The number of unbranched alkanes of at least 4 members (excludes halogenated alkanes) is 2. The van der Waals surface area contributed by atoms with Gasteiger partial charge >= 0.3 is 151 Å². The zero-order chi connectivity index (χ0) is 18.6. The number of halogens is 1. The average Bonchev–Trinajstić information content (AvgIpc) is 2.47. The van der Waals surface area contributed by atoms with E-state index in [2.05, 4.69) is 63.6 Å². The van der Waals surface area contributed by atoms with Gasteiger partial charge in [-0.2, -0.15) is 0 Å². The molecule has 1 heterocycles. The summed E-state index contributed by atoms with van der Waals surface area (Å²) in [5.41, 5.74) is 0. The van der Waals surface area contributed by atoms with E-state index in [1.807, 2.05) is 0 Å². The van der Waals surface area contributed by atoms with Crippen molar-refractivity contribution in [1.29, 1.82) is 0 Å². The molecule has 1 aliphatic rings. The van der Waals surface area contributed by atoms with Crippen LogP contribution in [-0.2, 0) is 4.52 Å². The topological polar surface area (TPSA) is 15.7 Å². The molecule has 1 saturated heterocycles. The van der Waals surface area contributed by atoms with Gasteiger partial charge in [-0.15, -0.1) is 0 Å². The Morgan fingerprint density at radius 1 is 0.875 bits per heavy atom. The maximum atomic E-state index is 17.3. The predicted molar refractivity (Wildman–Crippen MR) is 110 cm³/mol. The van der Waals surface area contributed by atoms with Crippen LogP contribution in [0.15, 0.2) is 0 Å². The molecule has 0 bridgehead atoms. The van der Waals surface area contributed by atoms with Gasteiger partial charge in [0.05, 0.1) is 0 Å². The van der Waals surface area contributed by atoms with E-state index >= 15 is 4.20 Å². The molecule has 2 atom stereocenters. The van der Waals surface area contributed by atoms with Crippen LogP contribution >= 0.6 is 7.44 Å². The van der Waals surface area contributed by atoms with Gasteiger partial charge in [0, 0.05) is 0 Å². The standard InChI is InChI=1S/C18H42FN2OPSi/c1-9-14-15-16-17-18(24(6,7)8)23(19,22-17,20(10-2)11-3)21(12-4)13-5/h17-18H,9-16H2,1-8H3/t17-,18+/m0/s1. The van der Waals surface area contributed by atoms with Crippen molar-refractivity contribution in [2.45, 2.75) is 91.3 Å². The molecule has 1 fully saturated rings. The van der Waals surface area contributed by atoms with Crippen LogP contribution < -0.4 is 0 Å². The van der Waals surface area contributed by atoms with Crippen molar-refractivity contribution in [2.24, 2.45) is 0 Å². The van der Waals surface area contributed by atoms with Crippen LogP contribution in [0, 0.1) is 0 Å². The fraction of sp³-hybridized carbons (Fsp3) is 1.00. The van der Waals surface area contributed by atoms with E-state index in [-0.39, 0.29) is 11.4 Å². The molecule has 0 saturated carbocycles. The van der Waals surface area contributed by atoms with Gasteiger partial charge in [0.25, 0.3) is 0 Å². The molecule has 6 heteroatoms. The first-order chi connectivity index (χ1) is 11.1. The van der Waals surface area contributed by atoms with Crippen LogP contribution in [-0.4, -0.2) is 55.0 Å². The molecule has 0 aliphatic carbocycles. The quantitative estimate of drug-likeness (QED) is 0.245. The maximum absolute atomic E-state index is 17.3. The van der Waals surface area contributed by atoms with E-state index in [0.717, 1.165) is 39.0 Å². The summed E-state index contributed by atoms with van der Waals surface area (Å²) in [7, 11) is -5.68. The molecule has 0 N–H and O–H groups in total. The third-order valence-electron chi connectivity index (χ3n) is 5.61. The first-order valence-corrected chi connectivity index (χ1v) is 15.7. The predicted octanol–water partition coefficient (Wildman–Crippen LogP) is 6.08. The van der Waals surface area contributed by atoms with E-state index in [9.17, 15) is 0 Å². The minimum absolute atomic E-state index is 0.111. The normalized spacial score (nSPS) is 27.7. The summed E-state index contributed by atoms with van der Waals surface area (Å²) in [6.07, 6.45) is 4.72. The summed E-state index contributed by atoms with van der Waals surface area (Å²) in [4.78, 5) is 0. The number of rotatable bonds is 11. The first-order valence-electron chi connectivity index (χ1n) is 10.1. The molecule has 1 aliphatic heterocycles. The van der Waals surface area contributed by atoms with Crippen molar-refractivity contribution >= 4 is 15.5 Å². The van der Waals surface area contributed by atoms with Gasteiger partial charge in [-0.05, 0) is 0 Å². The van der Waals surface area contributed by atoms with Crippen LogP contribution in [0.25, 0.3) is 0 Å². The summed E-state index contributed by atoms with van der Waals surface area (Å²) in [5, 5.41) is 0.111. The van der Waals surface area contributed by atoms with E-state index in [0.29, 0.717) is 0 Å². The summed E-state index contributed by atoms with van der Waals surface area (Å²) >= 11 is 0. The van der Waals surface area contributed by atoms with Crippen LogP contribution in [0.1, 0.15) is 60.3 Å². The van der Waals surface area contributed by atoms with Crippen LogP contribution in [0.5, 0.6) is 0 Å². The van der Waals surface area contributed by atoms with Crippen molar-refractivity contribution in [1.82, 2.24) is 9.34 Å². The molecular weight excluding hydrogens is 338 g/mol. The van der Waals surface area contributed by atoms with Crippen molar-refractivity contribution in [3.63, 3.8) is 0 Å². The Labute approximate surface area is 151 Å². The molecule has 0 spiro atoms. The van der Waals surface area contributed by atoms with Crippen molar-refractivity contribution in [2.75, 3.05) is 26.2 Å². The fourth-order valence-corrected chi connectivity index (χ4v) is 17.4.